The molecule has 8 heteroatoms. The summed E-state index contributed by atoms with van der Waals surface area (Å²) in [6.07, 6.45) is -0.424. The lowest BCUT2D eigenvalue weighted by Gasteiger charge is -2.34. The number of amides is 1. The molecule has 0 aliphatic carbocycles. The Morgan fingerprint density at radius 1 is 1.21 bits per heavy atom. The molecule has 1 saturated heterocycles. The van der Waals surface area contributed by atoms with Crippen LogP contribution in [0.15, 0.2) is 0 Å². The minimum Gasteiger partial charge on any atom is -0.444 e. The molecule has 0 spiro atoms. The van der Waals surface area contributed by atoms with E-state index in [1.165, 1.54) is 9.21 Å². The quantitative estimate of drug-likeness (QED) is 0.783. The number of rotatable bonds is 3. The molecular formula is C11H22N2O5S. The predicted octanol–water partition coefficient (Wildman–Crippen LogP) is -0.139. The number of piperazine rings is 1. The van der Waals surface area contributed by atoms with E-state index in [4.69, 9.17) is 9.84 Å². The fourth-order valence-electron chi connectivity index (χ4n) is 1.72. The third-order valence-electron chi connectivity index (χ3n) is 2.63. The second kappa shape index (κ2) is 6.06. The molecule has 0 aromatic rings. The van der Waals surface area contributed by atoms with E-state index in [-0.39, 0.29) is 18.8 Å². The maximum atomic E-state index is 11.8. The largest absolute Gasteiger partial charge is 0.444 e. The van der Waals surface area contributed by atoms with E-state index in [1.54, 1.807) is 20.8 Å². The van der Waals surface area contributed by atoms with Crippen LogP contribution in [0, 0.1) is 0 Å². The van der Waals surface area contributed by atoms with Crippen LogP contribution < -0.4 is 0 Å². The maximum Gasteiger partial charge on any atom is 0.410 e. The molecule has 7 nitrogen and oxygen atoms in total. The molecule has 1 N–H and O–H groups in total. The van der Waals surface area contributed by atoms with Crippen molar-refractivity contribution in [1.29, 1.82) is 0 Å². The molecule has 112 valence electrons. The Morgan fingerprint density at radius 2 is 1.74 bits per heavy atom. The first-order valence-electron chi connectivity index (χ1n) is 6.22. The summed E-state index contributed by atoms with van der Waals surface area (Å²) in [6, 6.07) is 0. The molecule has 1 rings (SSSR count). The molecule has 19 heavy (non-hydrogen) atoms. The predicted molar refractivity (Wildman–Crippen MR) is 70.3 cm³/mol. The molecular weight excluding hydrogens is 272 g/mol. The number of carbonyl (C=O) groups excluding carboxylic acids is 1. The highest BCUT2D eigenvalue weighted by atomic mass is 32.2. The van der Waals surface area contributed by atoms with Crippen molar-refractivity contribution in [3.63, 3.8) is 0 Å². The minimum absolute atomic E-state index is 0.238. The lowest BCUT2D eigenvalue weighted by molar-refractivity contribution is 0.0192. The monoisotopic (exact) mass is 294 g/mol. The van der Waals surface area contributed by atoms with Gasteiger partial charge in [-0.2, -0.15) is 4.31 Å². The van der Waals surface area contributed by atoms with Gasteiger partial charge in [-0.15, -0.1) is 0 Å². The lowest BCUT2D eigenvalue weighted by Crippen LogP contribution is -2.52. The van der Waals surface area contributed by atoms with Gasteiger partial charge in [-0.25, -0.2) is 13.2 Å². The number of hydrogen-bond donors (Lipinski definition) is 1. The van der Waals surface area contributed by atoms with E-state index < -0.39 is 28.3 Å². The Kier molecular flexibility index (Phi) is 5.17. The second-order valence-corrected chi connectivity index (χ2v) is 7.49. The van der Waals surface area contributed by atoms with Crippen LogP contribution in [0.1, 0.15) is 20.8 Å². The van der Waals surface area contributed by atoms with Gasteiger partial charge in [0.1, 0.15) is 5.60 Å². The van der Waals surface area contributed by atoms with Crippen molar-refractivity contribution in [3.05, 3.63) is 0 Å². The molecule has 1 aliphatic rings. The molecule has 1 aliphatic heterocycles. The van der Waals surface area contributed by atoms with E-state index in [9.17, 15) is 13.2 Å². The third-order valence-corrected chi connectivity index (χ3v) is 4.48. The number of hydrogen-bond acceptors (Lipinski definition) is 5. The van der Waals surface area contributed by atoms with Crippen LogP contribution in [0.3, 0.4) is 0 Å². The van der Waals surface area contributed by atoms with Gasteiger partial charge < -0.3 is 14.7 Å². The van der Waals surface area contributed by atoms with Crippen LogP contribution in [-0.2, 0) is 14.8 Å². The second-order valence-electron chi connectivity index (χ2n) is 5.41. The average molecular weight is 294 g/mol. The first kappa shape index (κ1) is 16.2. The Bertz CT molecular complexity index is 407. The Hall–Kier alpha value is -0.860. The SMILES string of the molecule is CC(C)(C)OC(=O)N1CCN(S(=O)(=O)CCO)CC1. The van der Waals surface area contributed by atoms with E-state index >= 15 is 0 Å². The van der Waals surface area contributed by atoms with Gasteiger partial charge in [-0.3, -0.25) is 0 Å². The Balaban J connectivity index is 2.52. The van der Waals surface area contributed by atoms with E-state index in [2.05, 4.69) is 0 Å². The van der Waals surface area contributed by atoms with Crippen molar-refractivity contribution in [1.82, 2.24) is 9.21 Å². The highest BCUT2D eigenvalue weighted by Gasteiger charge is 2.30. The summed E-state index contributed by atoms with van der Waals surface area (Å²) in [6.45, 7) is 6.05. The molecule has 1 fully saturated rings. The molecule has 0 saturated carbocycles. The van der Waals surface area contributed by atoms with Gasteiger partial charge >= 0.3 is 6.09 Å². The summed E-state index contributed by atoms with van der Waals surface area (Å²) in [7, 11) is -3.41. The zero-order chi connectivity index (χ0) is 14.7. The zero-order valence-electron chi connectivity index (χ0n) is 11.6. The van der Waals surface area contributed by atoms with Crippen LogP contribution in [-0.4, -0.2) is 73.0 Å². The summed E-state index contributed by atoms with van der Waals surface area (Å²) < 4.78 is 30.0. The van der Waals surface area contributed by atoms with Crippen LogP contribution in [0.2, 0.25) is 0 Å². The highest BCUT2D eigenvalue weighted by molar-refractivity contribution is 7.89. The van der Waals surface area contributed by atoms with Gasteiger partial charge in [-0.05, 0) is 20.8 Å². The number of ether oxygens (including phenoxy) is 1. The van der Waals surface area contributed by atoms with Gasteiger partial charge in [0.25, 0.3) is 0 Å². The van der Waals surface area contributed by atoms with Gasteiger partial charge in [-0.1, -0.05) is 0 Å². The number of aliphatic hydroxyl groups excluding tert-OH is 1. The Labute approximate surface area is 114 Å². The normalized spacial score (nSPS) is 18.4. The standard InChI is InChI=1S/C11H22N2O5S/c1-11(2,3)18-10(15)12-4-6-13(7-5-12)19(16,17)9-8-14/h14H,4-9H2,1-3H3. The summed E-state index contributed by atoms with van der Waals surface area (Å²) in [5.74, 6) is -0.278. The van der Waals surface area contributed by atoms with Crippen molar-refractivity contribution in [3.8, 4) is 0 Å². The number of carbonyl (C=O) groups is 1. The van der Waals surface area contributed by atoms with Crippen molar-refractivity contribution >= 4 is 16.1 Å². The van der Waals surface area contributed by atoms with Crippen molar-refractivity contribution in [2.75, 3.05) is 38.5 Å². The Morgan fingerprint density at radius 3 is 2.16 bits per heavy atom. The maximum absolute atomic E-state index is 11.8. The fraction of sp³-hybridized carbons (Fsp3) is 0.909. The molecule has 1 amide bonds. The molecule has 1 heterocycles. The van der Waals surface area contributed by atoms with Crippen LogP contribution in [0.5, 0.6) is 0 Å². The van der Waals surface area contributed by atoms with Crippen molar-refractivity contribution in [2.24, 2.45) is 0 Å². The molecule has 0 aromatic carbocycles. The first-order chi connectivity index (χ1) is 8.65. The van der Waals surface area contributed by atoms with Gasteiger partial charge in [0, 0.05) is 26.2 Å². The summed E-state index contributed by atoms with van der Waals surface area (Å²) in [5.41, 5.74) is -0.558. The topological polar surface area (TPSA) is 87.2 Å². The number of nitrogens with zero attached hydrogens (tertiary/aromatic N) is 2. The third kappa shape index (κ3) is 4.96. The average Bonchev–Trinajstić information content (AvgIpc) is 2.27. The van der Waals surface area contributed by atoms with E-state index in [1.807, 2.05) is 0 Å². The summed E-state index contributed by atoms with van der Waals surface area (Å²) >= 11 is 0. The smallest absolute Gasteiger partial charge is 0.410 e. The van der Waals surface area contributed by atoms with E-state index in [0.717, 1.165) is 0 Å². The molecule has 0 radical (unpaired) electrons. The van der Waals surface area contributed by atoms with Gasteiger partial charge in [0.15, 0.2) is 0 Å². The summed E-state index contributed by atoms with van der Waals surface area (Å²) in [4.78, 5) is 13.3. The van der Waals surface area contributed by atoms with Crippen molar-refractivity contribution in [2.45, 2.75) is 26.4 Å². The fourth-order valence-corrected chi connectivity index (χ4v) is 2.93. The van der Waals surface area contributed by atoms with E-state index in [0.29, 0.717) is 13.1 Å². The van der Waals surface area contributed by atoms with Gasteiger partial charge in [0.2, 0.25) is 10.0 Å². The lowest BCUT2D eigenvalue weighted by atomic mass is 10.2. The van der Waals surface area contributed by atoms with Crippen LogP contribution in [0.25, 0.3) is 0 Å². The molecule has 0 atom stereocenters. The van der Waals surface area contributed by atoms with Gasteiger partial charge in [0.05, 0.1) is 12.4 Å². The zero-order valence-corrected chi connectivity index (χ0v) is 12.4. The first-order valence-corrected chi connectivity index (χ1v) is 7.83. The molecule has 0 aromatic heterocycles. The van der Waals surface area contributed by atoms with Crippen LogP contribution >= 0.6 is 0 Å². The minimum atomic E-state index is -3.41. The molecule has 0 unspecified atom stereocenters. The van der Waals surface area contributed by atoms with Crippen LogP contribution in [0.4, 0.5) is 4.79 Å². The number of sulfonamides is 1. The van der Waals surface area contributed by atoms with Crippen molar-refractivity contribution < 1.29 is 23.1 Å². The molecule has 0 bridgehead atoms. The summed E-state index contributed by atoms with van der Waals surface area (Å²) in [5, 5.41) is 8.71. The number of aliphatic hydroxyl groups is 1. The highest BCUT2D eigenvalue weighted by Crippen LogP contribution is 2.13.